The number of hydrogen-bond acceptors (Lipinski definition) is 5. The van der Waals surface area contributed by atoms with Crippen LogP contribution in [-0.2, 0) is 30.9 Å². The Morgan fingerprint density at radius 2 is 1.75 bits per heavy atom. The van der Waals surface area contributed by atoms with Crippen LogP contribution in [0.2, 0.25) is 0 Å². The first-order valence-corrected chi connectivity index (χ1v) is 15.4. The maximum absolute atomic E-state index is 13.6. The smallest absolute Gasteiger partial charge is 0.258 e. The molecule has 2 amide bonds. The number of carbonyl (C=O) groups is 2. The minimum atomic E-state index is -3.73. The van der Waals surface area contributed by atoms with Gasteiger partial charge in [-0.15, -0.1) is 0 Å². The summed E-state index contributed by atoms with van der Waals surface area (Å²) in [6, 6.07) is 12.8. The van der Waals surface area contributed by atoms with Crippen molar-refractivity contribution in [2.45, 2.75) is 37.6 Å². The lowest BCUT2D eigenvalue weighted by Crippen LogP contribution is -2.40. The first-order chi connectivity index (χ1) is 19.4. The first-order valence-electron chi connectivity index (χ1n) is 14.0. The molecule has 0 unspecified atom stereocenters. The van der Waals surface area contributed by atoms with E-state index in [-0.39, 0.29) is 23.3 Å². The van der Waals surface area contributed by atoms with Crippen molar-refractivity contribution in [1.29, 1.82) is 0 Å². The Bertz CT molecular complexity index is 1600. The van der Waals surface area contributed by atoms with E-state index in [0.717, 1.165) is 48.8 Å². The summed E-state index contributed by atoms with van der Waals surface area (Å²) in [4.78, 5) is 30.5. The largest absolute Gasteiger partial charge is 0.379 e. The molecule has 40 heavy (non-hydrogen) atoms. The summed E-state index contributed by atoms with van der Waals surface area (Å²) in [6.07, 6.45) is 7.00. The zero-order valence-corrected chi connectivity index (χ0v) is 23.5. The summed E-state index contributed by atoms with van der Waals surface area (Å²) >= 11 is 0. The van der Waals surface area contributed by atoms with Crippen LogP contribution in [0.4, 0.5) is 5.69 Å². The van der Waals surface area contributed by atoms with Gasteiger partial charge in [-0.25, -0.2) is 8.42 Å². The lowest BCUT2D eigenvalue weighted by atomic mass is 10.0. The summed E-state index contributed by atoms with van der Waals surface area (Å²) in [7, 11) is -3.73. The highest BCUT2D eigenvalue weighted by atomic mass is 32.2. The molecule has 2 aromatic carbocycles. The number of para-hydroxylation sites is 1. The Balaban J connectivity index is 1.40. The van der Waals surface area contributed by atoms with Gasteiger partial charge in [0, 0.05) is 66.5 Å². The molecule has 6 rings (SSSR count). The van der Waals surface area contributed by atoms with Gasteiger partial charge in [-0.1, -0.05) is 18.2 Å². The fraction of sp³-hybridized carbons (Fsp3) is 0.400. The van der Waals surface area contributed by atoms with Gasteiger partial charge in [-0.3, -0.25) is 9.59 Å². The number of anilines is 1. The van der Waals surface area contributed by atoms with Gasteiger partial charge in [-0.2, -0.15) is 4.31 Å². The number of fused-ring (bicyclic) bond motifs is 2. The highest BCUT2D eigenvalue weighted by molar-refractivity contribution is 7.89. The molecule has 0 radical (unpaired) electrons. The molecule has 3 aromatic rings. The summed E-state index contributed by atoms with van der Waals surface area (Å²) in [5, 5.41) is 0.933. The minimum Gasteiger partial charge on any atom is -0.379 e. The maximum Gasteiger partial charge on any atom is 0.258 e. The number of amides is 2. The normalized spacial score (nSPS) is 19.5. The van der Waals surface area contributed by atoms with E-state index in [9.17, 15) is 18.0 Å². The molecule has 0 aliphatic carbocycles. The number of rotatable bonds is 6. The van der Waals surface area contributed by atoms with Gasteiger partial charge in [0.05, 0.1) is 23.8 Å². The average Bonchev–Trinajstić information content (AvgIpc) is 3.47. The number of ether oxygens (including phenoxy) is 1. The number of likely N-dealkylation sites (tertiary alicyclic amines) is 1. The lowest BCUT2D eigenvalue weighted by Gasteiger charge is -2.27. The Labute approximate surface area is 234 Å². The standard InChI is InChI=1S/C30H34N4O5S/c1-2-34-28-11-10-23(40(37,38)33-14-16-39-17-15-33)19-25(28)26(30(34)36)18-22-20-32(27-9-5-4-8-24(22)27)21-29(35)31-12-6-3-7-13-31/h4-5,8-11,18-20H,2-3,6-7,12-17,21H2,1H3. The number of likely N-dealkylation sites (N-methyl/N-ethyl adjacent to an activating group) is 1. The van der Waals surface area contributed by atoms with Crippen LogP contribution < -0.4 is 4.90 Å². The van der Waals surface area contributed by atoms with Crippen LogP contribution in [0.15, 0.2) is 53.6 Å². The number of aromatic nitrogens is 1. The van der Waals surface area contributed by atoms with Crippen LogP contribution in [-0.4, -0.2) is 79.9 Å². The van der Waals surface area contributed by atoms with E-state index in [1.54, 1.807) is 23.1 Å². The highest BCUT2D eigenvalue weighted by Crippen LogP contribution is 2.40. The zero-order chi connectivity index (χ0) is 27.9. The Morgan fingerprint density at radius 3 is 2.50 bits per heavy atom. The van der Waals surface area contributed by atoms with Crippen molar-refractivity contribution in [2.24, 2.45) is 0 Å². The first kappa shape index (κ1) is 26.7. The molecule has 0 spiro atoms. The topological polar surface area (TPSA) is 92.2 Å². The number of piperidine rings is 1. The highest BCUT2D eigenvalue weighted by Gasteiger charge is 2.34. The van der Waals surface area contributed by atoms with Crippen molar-refractivity contribution in [3.8, 4) is 0 Å². The van der Waals surface area contributed by atoms with Gasteiger partial charge in [0.2, 0.25) is 15.9 Å². The van der Waals surface area contributed by atoms with E-state index < -0.39 is 10.0 Å². The van der Waals surface area contributed by atoms with Crippen LogP contribution in [0.1, 0.15) is 37.3 Å². The molecule has 10 heteroatoms. The van der Waals surface area contributed by atoms with Gasteiger partial charge < -0.3 is 19.1 Å². The van der Waals surface area contributed by atoms with Gasteiger partial charge in [0.1, 0.15) is 6.54 Å². The monoisotopic (exact) mass is 562 g/mol. The number of carbonyl (C=O) groups excluding carboxylic acids is 2. The van der Waals surface area contributed by atoms with Crippen LogP contribution in [0.25, 0.3) is 22.6 Å². The van der Waals surface area contributed by atoms with Crippen LogP contribution in [0.3, 0.4) is 0 Å². The molecular weight excluding hydrogens is 528 g/mol. The average molecular weight is 563 g/mol. The second-order valence-corrected chi connectivity index (χ2v) is 12.4. The van der Waals surface area contributed by atoms with E-state index in [0.29, 0.717) is 49.7 Å². The van der Waals surface area contributed by atoms with Crippen LogP contribution >= 0.6 is 0 Å². The Kier molecular flexibility index (Phi) is 7.24. The second kappa shape index (κ2) is 10.8. The summed E-state index contributed by atoms with van der Waals surface area (Å²) < 4.78 is 35.5. The predicted molar refractivity (Wildman–Crippen MR) is 154 cm³/mol. The summed E-state index contributed by atoms with van der Waals surface area (Å²) in [6.45, 7) is 5.52. The van der Waals surface area contributed by atoms with Gasteiger partial charge in [0.25, 0.3) is 5.91 Å². The second-order valence-electron chi connectivity index (χ2n) is 10.5. The predicted octanol–water partition coefficient (Wildman–Crippen LogP) is 3.58. The quantitative estimate of drug-likeness (QED) is 0.429. The van der Waals surface area contributed by atoms with Crippen molar-refractivity contribution >= 4 is 50.1 Å². The number of morpholine rings is 1. The lowest BCUT2D eigenvalue weighted by molar-refractivity contribution is -0.132. The molecule has 2 fully saturated rings. The van der Waals surface area contributed by atoms with Gasteiger partial charge >= 0.3 is 0 Å². The molecule has 0 N–H and O–H groups in total. The molecule has 210 valence electrons. The zero-order valence-electron chi connectivity index (χ0n) is 22.7. The molecule has 3 aliphatic rings. The van der Waals surface area contributed by atoms with E-state index in [2.05, 4.69) is 0 Å². The minimum absolute atomic E-state index is 0.0945. The number of benzene rings is 2. The number of sulfonamides is 1. The van der Waals surface area contributed by atoms with Crippen molar-refractivity contribution < 1.29 is 22.7 Å². The van der Waals surface area contributed by atoms with Crippen molar-refractivity contribution in [1.82, 2.24) is 13.8 Å². The van der Waals surface area contributed by atoms with E-state index in [4.69, 9.17) is 4.74 Å². The third kappa shape index (κ3) is 4.74. The molecule has 9 nitrogen and oxygen atoms in total. The molecule has 0 saturated carbocycles. The van der Waals surface area contributed by atoms with E-state index >= 15 is 0 Å². The van der Waals surface area contributed by atoms with Crippen LogP contribution in [0, 0.1) is 0 Å². The molecule has 3 aliphatic heterocycles. The maximum atomic E-state index is 13.6. The molecular formula is C30H34N4O5S. The number of hydrogen-bond donors (Lipinski definition) is 0. The van der Waals surface area contributed by atoms with E-state index in [1.165, 1.54) is 4.31 Å². The third-order valence-corrected chi connectivity index (χ3v) is 9.98. The third-order valence-electron chi connectivity index (χ3n) is 8.08. The molecule has 1 aromatic heterocycles. The number of nitrogens with zero attached hydrogens (tertiary/aromatic N) is 4. The summed E-state index contributed by atoms with van der Waals surface area (Å²) in [5.41, 5.74) is 3.48. The summed E-state index contributed by atoms with van der Waals surface area (Å²) in [5.74, 6) is -0.0725. The molecule has 4 heterocycles. The Hall–Kier alpha value is -3.47. The van der Waals surface area contributed by atoms with Crippen molar-refractivity contribution in [2.75, 3.05) is 50.8 Å². The van der Waals surface area contributed by atoms with E-state index in [1.807, 2.05) is 52.9 Å². The molecule has 0 atom stereocenters. The van der Waals surface area contributed by atoms with Crippen molar-refractivity contribution in [3.05, 3.63) is 59.8 Å². The Morgan fingerprint density at radius 1 is 1.00 bits per heavy atom. The SMILES string of the molecule is CCN1C(=O)C(=Cc2cn(CC(=O)N3CCCCC3)c3ccccc23)c2cc(S(=O)(=O)N3CCOCC3)ccc21. The molecule has 2 saturated heterocycles. The van der Waals surface area contributed by atoms with Crippen LogP contribution in [0.5, 0.6) is 0 Å². The van der Waals surface area contributed by atoms with Crippen molar-refractivity contribution in [3.63, 3.8) is 0 Å². The fourth-order valence-corrected chi connectivity index (χ4v) is 7.39. The fourth-order valence-electron chi connectivity index (χ4n) is 5.95. The van der Waals surface area contributed by atoms with Gasteiger partial charge in [-0.05, 0) is 56.5 Å². The molecule has 0 bridgehead atoms. The van der Waals surface area contributed by atoms with Gasteiger partial charge in [0.15, 0.2) is 0 Å².